The van der Waals surface area contributed by atoms with Crippen molar-refractivity contribution in [3.63, 3.8) is 0 Å². The van der Waals surface area contributed by atoms with Gasteiger partial charge in [-0.05, 0) is 36.0 Å². The maximum Gasteiger partial charge on any atom is 0.254 e. The molecule has 2 amide bonds. The number of carbonyl (C=O) groups excluding carboxylic acids is 2. The highest BCUT2D eigenvalue weighted by molar-refractivity contribution is 6.02. The molecule has 4 heteroatoms. The Morgan fingerprint density at radius 1 is 1.04 bits per heavy atom. The minimum Gasteiger partial charge on any atom is -0.368 e. The lowest BCUT2D eigenvalue weighted by Crippen LogP contribution is -2.47. The summed E-state index contributed by atoms with van der Waals surface area (Å²) in [4.78, 5) is 26.2. The maximum atomic E-state index is 12.9. The Kier molecular flexibility index (Phi) is 4.15. The minimum atomic E-state index is -0.522. The fraction of sp³-hybridized carbons (Fsp3) is 0.263. The summed E-state index contributed by atoms with van der Waals surface area (Å²) in [5, 5.41) is 0. The summed E-state index contributed by atoms with van der Waals surface area (Å²) in [6, 6.07) is 16.7. The summed E-state index contributed by atoms with van der Waals surface area (Å²) in [6.07, 6.45) is 1.90. The fourth-order valence-electron chi connectivity index (χ4n) is 3.01. The fourth-order valence-corrected chi connectivity index (χ4v) is 3.01. The van der Waals surface area contributed by atoms with Crippen LogP contribution in [0.3, 0.4) is 0 Å². The van der Waals surface area contributed by atoms with Crippen LogP contribution in [0.25, 0.3) is 11.1 Å². The molecule has 1 fully saturated rings. The van der Waals surface area contributed by atoms with E-state index >= 15 is 0 Å². The van der Waals surface area contributed by atoms with Crippen molar-refractivity contribution in [2.45, 2.75) is 18.9 Å². The molecule has 118 valence electrons. The van der Waals surface area contributed by atoms with E-state index in [4.69, 9.17) is 5.73 Å². The quantitative estimate of drug-likeness (QED) is 0.923. The van der Waals surface area contributed by atoms with Crippen molar-refractivity contribution in [3.8, 4) is 11.1 Å². The number of likely N-dealkylation sites (N-methyl/N-ethyl adjacent to an activating group) is 1. The molecule has 0 saturated heterocycles. The molecular weight excluding hydrogens is 288 g/mol. The summed E-state index contributed by atoms with van der Waals surface area (Å²) in [6.45, 7) is 0. The molecule has 0 bridgehead atoms. The highest BCUT2D eigenvalue weighted by Crippen LogP contribution is 2.36. The zero-order chi connectivity index (χ0) is 16.4. The van der Waals surface area contributed by atoms with Gasteiger partial charge in [0.05, 0.1) is 0 Å². The Morgan fingerprint density at radius 2 is 1.65 bits per heavy atom. The van der Waals surface area contributed by atoms with Gasteiger partial charge < -0.3 is 10.6 Å². The predicted octanol–water partition coefficient (Wildman–Crippen LogP) is 2.69. The number of nitrogens with zero attached hydrogens (tertiary/aromatic N) is 1. The zero-order valence-electron chi connectivity index (χ0n) is 13.1. The van der Waals surface area contributed by atoms with Crippen LogP contribution in [0.5, 0.6) is 0 Å². The first-order valence-electron chi connectivity index (χ1n) is 7.80. The van der Waals surface area contributed by atoms with E-state index in [9.17, 15) is 9.59 Å². The van der Waals surface area contributed by atoms with Gasteiger partial charge in [0.25, 0.3) is 5.91 Å². The van der Waals surface area contributed by atoms with Crippen LogP contribution in [0, 0.1) is 5.92 Å². The smallest absolute Gasteiger partial charge is 0.254 e. The SMILES string of the molecule is CN(C(=O)c1ccccc1-c1ccccc1)[C@@H](C(N)=O)C1CC1. The molecule has 0 aromatic heterocycles. The second-order valence-electron chi connectivity index (χ2n) is 6.01. The third kappa shape index (κ3) is 3.11. The number of nitrogens with two attached hydrogens (primary N) is 1. The van der Waals surface area contributed by atoms with Crippen LogP contribution in [0.4, 0.5) is 0 Å². The van der Waals surface area contributed by atoms with Gasteiger partial charge in [-0.25, -0.2) is 0 Å². The van der Waals surface area contributed by atoms with E-state index in [0.29, 0.717) is 5.56 Å². The number of hydrogen-bond donors (Lipinski definition) is 1. The Morgan fingerprint density at radius 3 is 2.26 bits per heavy atom. The molecule has 1 saturated carbocycles. The molecule has 2 aromatic carbocycles. The highest BCUT2D eigenvalue weighted by Gasteiger charge is 2.40. The summed E-state index contributed by atoms with van der Waals surface area (Å²) in [5.41, 5.74) is 7.95. The first-order valence-corrected chi connectivity index (χ1v) is 7.80. The van der Waals surface area contributed by atoms with Crippen molar-refractivity contribution in [2.75, 3.05) is 7.05 Å². The average molecular weight is 308 g/mol. The number of amides is 2. The Labute approximate surface area is 135 Å². The second-order valence-corrected chi connectivity index (χ2v) is 6.01. The van der Waals surface area contributed by atoms with Crippen molar-refractivity contribution >= 4 is 11.8 Å². The highest BCUT2D eigenvalue weighted by atomic mass is 16.2. The molecule has 0 unspecified atom stereocenters. The molecule has 0 radical (unpaired) electrons. The number of rotatable bonds is 5. The topological polar surface area (TPSA) is 63.4 Å². The van der Waals surface area contributed by atoms with Gasteiger partial charge in [-0.15, -0.1) is 0 Å². The van der Waals surface area contributed by atoms with E-state index in [1.807, 2.05) is 48.5 Å². The third-order valence-electron chi connectivity index (χ3n) is 4.34. The molecule has 0 spiro atoms. The molecule has 1 atom stereocenters. The van der Waals surface area contributed by atoms with Crippen LogP contribution >= 0.6 is 0 Å². The predicted molar refractivity (Wildman–Crippen MR) is 89.7 cm³/mol. The van der Waals surface area contributed by atoms with E-state index in [0.717, 1.165) is 24.0 Å². The molecule has 0 heterocycles. The van der Waals surface area contributed by atoms with E-state index in [2.05, 4.69) is 0 Å². The molecule has 23 heavy (non-hydrogen) atoms. The van der Waals surface area contributed by atoms with Crippen molar-refractivity contribution in [2.24, 2.45) is 11.7 Å². The van der Waals surface area contributed by atoms with E-state index in [1.165, 1.54) is 4.90 Å². The van der Waals surface area contributed by atoms with Gasteiger partial charge in [-0.2, -0.15) is 0 Å². The van der Waals surface area contributed by atoms with Crippen LogP contribution in [0.1, 0.15) is 23.2 Å². The largest absolute Gasteiger partial charge is 0.368 e. The molecule has 1 aliphatic carbocycles. The molecule has 4 nitrogen and oxygen atoms in total. The van der Waals surface area contributed by atoms with Crippen LogP contribution < -0.4 is 5.73 Å². The van der Waals surface area contributed by atoms with Crippen molar-refractivity contribution in [1.29, 1.82) is 0 Å². The zero-order valence-corrected chi connectivity index (χ0v) is 13.1. The number of hydrogen-bond acceptors (Lipinski definition) is 2. The second kappa shape index (κ2) is 6.24. The van der Waals surface area contributed by atoms with Crippen LogP contribution in [0.15, 0.2) is 54.6 Å². The van der Waals surface area contributed by atoms with Gasteiger partial charge in [-0.1, -0.05) is 48.5 Å². The monoisotopic (exact) mass is 308 g/mol. The normalized spacial score (nSPS) is 15.0. The van der Waals surface area contributed by atoms with E-state index in [1.54, 1.807) is 13.1 Å². The van der Waals surface area contributed by atoms with Gasteiger partial charge in [0.1, 0.15) is 6.04 Å². The van der Waals surface area contributed by atoms with Crippen LogP contribution in [-0.2, 0) is 4.79 Å². The summed E-state index contributed by atoms with van der Waals surface area (Å²) >= 11 is 0. The molecule has 2 N–H and O–H groups in total. The number of carbonyl (C=O) groups is 2. The first kappa shape index (κ1) is 15.3. The average Bonchev–Trinajstić information content (AvgIpc) is 3.39. The van der Waals surface area contributed by atoms with Crippen molar-refractivity contribution in [3.05, 3.63) is 60.2 Å². The lowest BCUT2D eigenvalue weighted by atomic mass is 9.98. The molecule has 1 aliphatic rings. The summed E-state index contributed by atoms with van der Waals surface area (Å²) < 4.78 is 0. The molecule has 2 aromatic rings. The van der Waals surface area contributed by atoms with Crippen LogP contribution in [-0.4, -0.2) is 29.8 Å². The van der Waals surface area contributed by atoms with Crippen LogP contribution in [0.2, 0.25) is 0 Å². The summed E-state index contributed by atoms with van der Waals surface area (Å²) in [5.74, 6) is -0.397. The van der Waals surface area contributed by atoms with Gasteiger partial charge in [0.15, 0.2) is 0 Å². The minimum absolute atomic E-state index is 0.167. The molecule has 0 aliphatic heterocycles. The van der Waals surface area contributed by atoms with Crippen molar-refractivity contribution in [1.82, 2.24) is 4.90 Å². The van der Waals surface area contributed by atoms with Gasteiger partial charge in [0, 0.05) is 12.6 Å². The Bertz CT molecular complexity index is 723. The van der Waals surface area contributed by atoms with Gasteiger partial charge >= 0.3 is 0 Å². The third-order valence-corrected chi connectivity index (χ3v) is 4.34. The number of benzene rings is 2. The number of primary amides is 1. The van der Waals surface area contributed by atoms with Gasteiger partial charge in [-0.3, -0.25) is 9.59 Å². The first-order chi connectivity index (χ1) is 11.1. The standard InChI is InChI=1S/C19H20N2O2/c1-21(17(18(20)22)14-11-12-14)19(23)16-10-6-5-9-15(16)13-7-3-2-4-8-13/h2-10,14,17H,11-12H2,1H3,(H2,20,22)/t17-/m1/s1. The Hall–Kier alpha value is -2.62. The Balaban J connectivity index is 1.95. The lowest BCUT2D eigenvalue weighted by molar-refractivity contribution is -0.122. The summed E-state index contributed by atoms with van der Waals surface area (Å²) in [7, 11) is 1.66. The molecule has 3 rings (SSSR count). The van der Waals surface area contributed by atoms with E-state index < -0.39 is 11.9 Å². The lowest BCUT2D eigenvalue weighted by Gasteiger charge is -2.26. The van der Waals surface area contributed by atoms with E-state index in [-0.39, 0.29) is 11.8 Å². The maximum absolute atomic E-state index is 12.9. The van der Waals surface area contributed by atoms with Crippen molar-refractivity contribution < 1.29 is 9.59 Å². The van der Waals surface area contributed by atoms with Gasteiger partial charge in [0.2, 0.25) is 5.91 Å². The molecular formula is C19H20N2O2.